The van der Waals surface area contributed by atoms with Crippen LogP contribution in [0.15, 0.2) is 72.8 Å². The van der Waals surface area contributed by atoms with Gasteiger partial charge in [0.15, 0.2) is 0 Å². The molecular formula is C18H15N3O2. The summed E-state index contributed by atoms with van der Waals surface area (Å²) in [5.74, 6) is 0. The smallest absolute Gasteiger partial charge is 0.269 e. The number of nitrogens with one attached hydrogen (secondary N) is 1. The van der Waals surface area contributed by atoms with Crippen LogP contribution >= 0.6 is 0 Å². The monoisotopic (exact) mass is 305 g/mol. The van der Waals surface area contributed by atoms with Gasteiger partial charge in [-0.15, -0.1) is 0 Å². The number of non-ortho nitro benzene ring substituents is 1. The molecule has 23 heavy (non-hydrogen) atoms. The molecule has 3 aromatic carbocycles. The zero-order valence-electron chi connectivity index (χ0n) is 12.3. The maximum atomic E-state index is 10.6. The Bertz CT molecular complexity index is 810. The van der Waals surface area contributed by atoms with E-state index in [0.29, 0.717) is 0 Å². The van der Waals surface area contributed by atoms with Gasteiger partial charge in [0.1, 0.15) is 0 Å². The highest BCUT2D eigenvalue weighted by Gasteiger charge is 2.04. The van der Waals surface area contributed by atoms with Crippen molar-refractivity contribution in [2.45, 2.75) is 0 Å². The topological polar surface area (TPSA) is 81.2 Å². The van der Waals surface area contributed by atoms with E-state index in [9.17, 15) is 10.1 Å². The number of nitro groups is 1. The van der Waals surface area contributed by atoms with Crippen molar-refractivity contribution in [1.82, 2.24) is 0 Å². The van der Waals surface area contributed by atoms with Crippen molar-refractivity contribution in [3.8, 4) is 11.1 Å². The Labute approximate surface area is 133 Å². The number of hydrogen-bond donors (Lipinski definition) is 2. The number of nitrogens with two attached hydrogens (primary N) is 1. The molecule has 0 bridgehead atoms. The third-order valence-electron chi connectivity index (χ3n) is 3.50. The third-order valence-corrected chi connectivity index (χ3v) is 3.50. The van der Waals surface area contributed by atoms with Crippen LogP contribution in [0.2, 0.25) is 0 Å². The van der Waals surface area contributed by atoms with Gasteiger partial charge in [0.2, 0.25) is 0 Å². The Morgan fingerprint density at radius 1 is 0.739 bits per heavy atom. The predicted octanol–water partition coefficient (Wildman–Crippen LogP) is 4.59. The van der Waals surface area contributed by atoms with Gasteiger partial charge in [-0.25, -0.2) is 0 Å². The highest BCUT2D eigenvalue weighted by Crippen LogP contribution is 2.24. The van der Waals surface area contributed by atoms with E-state index in [2.05, 4.69) is 5.32 Å². The van der Waals surface area contributed by atoms with Crippen molar-refractivity contribution < 1.29 is 4.92 Å². The summed E-state index contributed by atoms with van der Waals surface area (Å²) in [5.41, 5.74) is 10.4. The summed E-state index contributed by atoms with van der Waals surface area (Å²) in [6, 6.07) is 22.0. The predicted molar refractivity (Wildman–Crippen MR) is 92.7 cm³/mol. The van der Waals surface area contributed by atoms with E-state index in [4.69, 9.17) is 5.73 Å². The average molecular weight is 305 g/mol. The van der Waals surface area contributed by atoms with E-state index >= 15 is 0 Å². The second-order valence-electron chi connectivity index (χ2n) is 5.13. The Kier molecular flexibility index (Phi) is 3.93. The molecule has 3 rings (SSSR count). The van der Waals surface area contributed by atoms with Gasteiger partial charge < -0.3 is 11.1 Å². The Balaban J connectivity index is 1.74. The van der Waals surface area contributed by atoms with E-state index in [-0.39, 0.29) is 5.69 Å². The van der Waals surface area contributed by atoms with Gasteiger partial charge in [0.25, 0.3) is 5.69 Å². The van der Waals surface area contributed by atoms with Crippen molar-refractivity contribution in [3.63, 3.8) is 0 Å². The number of nitrogen functional groups attached to an aromatic ring is 1. The molecule has 0 aliphatic rings. The lowest BCUT2D eigenvalue weighted by molar-refractivity contribution is -0.384. The van der Waals surface area contributed by atoms with Gasteiger partial charge in [-0.1, -0.05) is 24.3 Å². The summed E-state index contributed by atoms with van der Waals surface area (Å²) in [6.07, 6.45) is 0. The molecule has 3 aromatic rings. The number of anilines is 3. The molecule has 0 atom stereocenters. The van der Waals surface area contributed by atoms with Gasteiger partial charge in [0, 0.05) is 29.2 Å². The first kappa shape index (κ1) is 14.6. The average Bonchev–Trinajstić information content (AvgIpc) is 2.57. The van der Waals surface area contributed by atoms with Gasteiger partial charge in [-0.05, 0) is 47.5 Å². The summed E-state index contributed by atoms with van der Waals surface area (Å²) in [7, 11) is 0. The molecule has 0 aromatic heterocycles. The first-order valence-corrected chi connectivity index (χ1v) is 7.09. The number of hydrogen-bond acceptors (Lipinski definition) is 4. The van der Waals surface area contributed by atoms with Crippen LogP contribution < -0.4 is 11.1 Å². The zero-order valence-corrected chi connectivity index (χ0v) is 12.3. The standard InChI is InChI=1S/C18H15N3O2/c19-15-5-1-13(2-6-15)14-3-7-16(8-4-14)20-17-9-11-18(12-10-17)21(22)23/h1-12,20H,19H2. The number of nitrogens with zero attached hydrogens (tertiary/aromatic N) is 1. The van der Waals surface area contributed by atoms with Crippen LogP contribution in [0.3, 0.4) is 0 Å². The van der Waals surface area contributed by atoms with Crippen LogP contribution in [-0.2, 0) is 0 Å². The lowest BCUT2D eigenvalue weighted by atomic mass is 10.1. The molecule has 3 N–H and O–H groups in total. The fraction of sp³-hybridized carbons (Fsp3) is 0. The molecule has 0 spiro atoms. The number of nitro benzene ring substituents is 1. The minimum absolute atomic E-state index is 0.0780. The molecule has 0 aliphatic heterocycles. The molecule has 0 unspecified atom stereocenters. The molecule has 0 saturated heterocycles. The van der Waals surface area contributed by atoms with Crippen LogP contribution in [0.25, 0.3) is 11.1 Å². The van der Waals surface area contributed by atoms with Crippen molar-refractivity contribution >= 4 is 22.7 Å². The van der Waals surface area contributed by atoms with Crippen LogP contribution in [0.4, 0.5) is 22.7 Å². The molecular weight excluding hydrogens is 290 g/mol. The maximum Gasteiger partial charge on any atom is 0.269 e. The summed E-state index contributed by atoms with van der Waals surface area (Å²) in [5, 5.41) is 13.9. The van der Waals surface area contributed by atoms with Crippen LogP contribution in [0.1, 0.15) is 0 Å². The van der Waals surface area contributed by atoms with E-state index in [1.807, 2.05) is 48.5 Å². The van der Waals surface area contributed by atoms with Crippen molar-refractivity contribution in [3.05, 3.63) is 82.9 Å². The molecule has 5 nitrogen and oxygen atoms in total. The molecule has 0 aliphatic carbocycles. The van der Waals surface area contributed by atoms with Gasteiger partial charge in [0.05, 0.1) is 4.92 Å². The second-order valence-corrected chi connectivity index (χ2v) is 5.13. The lowest BCUT2D eigenvalue weighted by Gasteiger charge is -2.08. The van der Waals surface area contributed by atoms with Crippen LogP contribution in [-0.4, -0.2) is 4.92 Å². The minimum atomic E-state index is -0.412. The van der Waals surface area contributed by atoms with Crippen molar-refractivity contribution in [2.75, 3.05) is 11.1 Å². The van der Waals surface area contributed by atoms with E-state index in [0.717, 1.165) is 28.2 Å². The van der Waals surface area contributed by atoms with Crippen molar-refractivity contribution in [1.29, 1.82) is 0 Å². The number of benzene rings is 3. The quantitative estimate of drug-likeness (QED) is 0.420. The molecule has 0 fully saturated rings. The first-order chi connectivity index (χ1) is 11.1. The Morgan fingerprint density at radius 2 is 1.17 bits per heavy atom. The Hall–Kier alpha value is -3.34. The highest BCUT2D eigenvalue weighted by atomic mass is 16.6. The molecule has 0 amide bonds. The first-order valence-electron chi connectivity index (χ1n) is 7.09. The minimum Gasteiger partial charge on any atom is -0.399 e. The van der Waals surface area contributed by atoms with Gasteiger partial charge >= 0.3 is 0 Å². The fourth-order valence-corrected chi connectivity index (χ4v) is 2.25. The Morgan fingerprint density at radius 3 is 1.65 bits per heavy atom. The second kappa shape index (κ2) is 6.19. The third kappa shape index (κ3) is 3.47. The number of rotatable bonds is 4. The highest BCUT2D eigenvalue weighted by molar-refractivity contribution is 5.69. The normalized spacial score (nSPS) is 10.3. The summed E-state index contributed by atoms with van der Waals surface area (Å²) < 4.78 is 0. The van der Waals surface area contributed by atoms with Crippen LogP contribution in [0, 0.1) is 10.1 Å². The van der Waals surface area contributed by atoms with Crippen molar-refractivity contribution in [2.24, 2.45) is 0 Å². The molecule has 0 heterocycles. The molecule has 5 heteroatoms. The summed E-state index contributed by atoms with van der Waals surface area (Å²) in [6.45, 7) is 0. The SMILES string of the molecule is Nc1ccc(-c2ccc(Nc3ccc([N+](=O)[O-])cc3)cc2)cc1. The fourth-order valence-electron chi connectivity index (χ4n) is 2.25. The lowest BCUT2D eigenvalue weighted by Crippen LogP contribution is -1.92. The summed E-state index contributed by atoms with van der Waals surface area (Å²) >= 11 is 0. The zero-order chi connectivity index (χ0) is 16.2. The molecule has 114 valence electrons. The van der Waals surface area contributed by atoms with Crippen LogP contribution in [0.5, 0.6) is 0 Å². The molecule has 0 radical (unpaired) electrons. The van der Waals surface area contributed by atoms with Gasteiger partial charge in [-0.3, -0.25) is 10.1 Å². The van der Waals surface area contributed by atoms with E-state index < -0.39 is 4.92 Å². The molecule has 0 saturated carbocycles. The van der Waals surface area contributed by atoms with Gasteiger partial charge in [-0.2, -0.15) is 0 Å². The van der Waals surface area contributed by atoms with E-state index in [1.165, 1.54) is 12.1 Å². The largest absolute Gasteiger partial charge is 0.399 e. The maximum absolute atomic E-state index is 10.6. The summed E-state index contributed by atoms with van der Waals surface area (Å²) in [4.78, 5) is 10.2. The van der Waals surface area contributed by atoms with E-state index in [1.54, 1.807) is 12.1 Å².